The fourth-order valence-corrected chi connectivity index (χ4v) is 1.60. The lowest BCUT2D eigenvalue weighted by Crippen LogP contribution is -2.42. The summed E-state index contributed by atoms with van der Waals surface area (Å²) in [6.07, 6.45) is 5.46. The molecule has 0 fully saturated rings. The van der Waals surface area contributed by atoms with Crippen LogP contribution in [0.5, 0.6) is 0 Å². The van der Waals surface area contributed by atoms with Gasteiger partial charge in [0.1, 0.15) is 0 Å². The molecule has 4 nitrogen and oxygen atoms in total. The van der Waals surface area contributed by atoms with Crippen LogP contribution in [-0.4, -0.2) is 26.8 Å². The van der Waals surface area contributed by atoms with Crippen molar-refractivity contribution in [1.29, 1.82) is 0 Å². The molecule has 2 rings (SSSR count). The molecule has 0 aliphatic rings. The fraction of sp³-hybridized carbons (Fsp3) is 0.357. The minimum Gasteiger partial charge on any atom is -0.394 e. The zero-order chi connectivity index (χ0) is 13.0. The second kappa shape index (κ2) is 5.33. The van der Waals surface area contributed by atoms with Crippen molar-refractivity contribution in [2.45, 2.75) is 25.9 Å². The van der Waals surface area contributed by atoms with Crippen molar-refractivity contribution in [3.8, 4) is 5.69 Å². The first-order valence-corrected chi connectivity index (χ1v) is 6.04. The summed E-state index contributed by atoms with van der Waals surface area (Å²) in [7, 11) is 0. The maximum Gasteiger partial charge on any atom is 0.0991 e. The van der Waals surface area contributed by atoms with Gasteiger partial charge in [0, 0.05) is 30.2 Å². The second-order valence-electron chi connectivity index (χ2n) is 5.03. The fourth-order valence-electron chi connectivity index (χ4n) is 1.60. The van der Waals surface area contributed by atoms with Crippen LogP contribution in [0.25, 0.3) is 5.69 Å². The van der Waals surface area contributed by atoms with Gasteiger partial charge in [-0.2, -0.15) is 0 Å². The van der Waals surface area contributed by atoms with Crippen molar-refractivity contribution in [2.24, 2.45) is 0 Å². The Morgan fingerprint density at radius 2 is 2.00 bits per heavy atom. The van der Waals surface area contributed by atoms with Gasteiger partial charge in [0.25, 0.3) is 0 Å². The molecule has 0 aliphatic heterocycles. The summed E-state index contributed by atoms with van der Waals surface area (Å²) in [5, 5.41) is 12.5. The summed E-state index contributed by atoms with van der Waals surface area (Å²) >= 11 is 0. The average molecular weight is 245 g/mol. The van der Waals surface area contributed by atoms with Crippen molar-refractivity contribution in [2.75, 3.05) is 6.61 Å². The number of aromatic nitrogens is 2. The third-order valence-electron chi connectivity index (χ3n) is 2.91. The summed E-state index contributed by atoms with van der Waals surface area (Å²) in [4.78, 5) is 4.02. The maximum atomic E-state index is 9.17. The minimum atomic E-state index is -0.247. The molecule has 0 saturated heterocycles. The Morgan fingerprint density at radius 3 is 2.56 bits per heavy atom. The number of aliphatic hydroxyl groups is 1. The first kappa shape index (κ1) is 12.8. The number of imidazole rings is 1. The van der Waals surface area contributed by atoms with E-state index in [1.165, 1.54) is 5.56 Å². The van der Waals surface area contributed by atoms with E-state index >= 15 is 0 Å². The molecule has 1 heterocycles. The lowest BCUT2D eigenvalue weighted by atomic mass is 10.1. The van der Waals surface area contributed by atoms with Crippen molar-refractivity contribution in [3.63, 3.8) is 0 Å². The number of hydrogen-bond acceptors (Lipinski definition) is 3. The lowest BCUT2D eigenvalue weighted by Gasteiger charge is -2.23. The van der Waals surface area contributed by atoms with Gasteiger partial charge >= 0.3 is 0 Å². The Labute approximate surface area is 107 Å². The van der Waals surface area contributed by atoms with Crippen LogP contribution in [-0.2, 0) is 6.54 Å². The van der Waals surface area contributed by atoms with Crippen LogP contribution in [0.15, 0.2) is 43.0 Å². The smallest absolute Gasteiger partial charge is 0.0991 e. The molecule has 0 spiro atoms. The molecule has 0 amide bonds. The van der Waals surface area contributed by atoms with Crippen LogP contribution in [0, 0.1) is 0 Å². The van der Waals surface area contributed by atoms with Gasteiger partial charge in [-0.25, -0.2) is 4.98 Å². The largest absolute Gasteiger partial charge is 0.394 e. The maximum absolute atomic E-state index is 9.17. The van der Waals surface area contributed by atoms with Gasteiger partial charge in [-0.3, -0.25) is 0 Å². The van der Waals surface area contributed by atoms with E-state index in [0.29, 0.717) is 0 Å². The Kier molecular flexibility index (Phi) is 3.79. The van der Waals surface area contributed by atoms with E-state index in [2.05, 4.69) is 34.6 Å². The highest BCUT2D eigenvalue weighted by atomic mass is 16.3. The van der Waals surface area contributed by atoms with E-state index in [-0.39, 0.29) is 12.1 Å². The zero-order valence-electron chi connectivity index (χ0n) is 10.8. The van der Waals surface area contributed by atoms with Crippen LogP contribution < -0.4 is 5.32 Å². The molecule has 1 aromatic heterocycles. The highest BCUT2D eigenvalue weighted by molar-refractivity contribution is 5.34. The molecule has 96 valence electrons. The van der Waals surface area contributed by atoms with E-state index in [4.69, 9.17) is 5.11 Å². The quantitative estimate of drug-likeness (QED) is 0.843. The van der Waals surface area contributed by atoms with Crippen LogP contribution in [0.2, 0.25) is 0 Å². The Balaban J connectivity index is 2.00. The molecule has 1 aromatic carbocycles. The van der Waals surface area contributed by atoms with E-state index in [0.717, 1.165) is 12.2 Å². The summed E-state index contributed by atoms with van der Waals surface area (Å²) in [6, 6.07) is 8.28. The standard InChI is InChI=1S/C14H19N3O/c1-14(2,10-18)16-9-12-3-5-13(6-4-12)17-8-7-15-11-17/h3-8,11,16,18H,9-10H2,1-2H3. The second-order valence-corrected chi connectivity index (χ2v) is 5.03. The molecular weight excluding hydrogens is 226 g/mol. The first-order chi connectivity index (χ1) is 8.61. The highest BCUT2D eigenvalue weighted by Gasteiger charge is 2.14. The van der Waals surface area contributed by atoms with Gasteiger partial charge in [-0.15, -0.1) is 0 Å². The van der Waals surface area contributed by atoms with E-state index in [1.807, 2.05) is 24.6 Å². The molecule has 18 heavy (non-hydrogen) atoms. The predicted octanol–water partition coefficient (Wildman–Crippen LogP) is 1.73. The third kappa shape index (κ3) is 3.18. The van der Waals surface area contributed by atoms with Gasteiger partial charge < -0.3 is 15.0 Å². The van der Waals surface area contributed by atoms with Crippen LogP contribution in [0.4, 0.5) is 0 Å². The van der Waals surface area contributed by atoms with Gasteiger partial charge in [-0.1, -0.05) is 12.1 Å². The number of aliphatic hydroxyl groups excluding tert-OH is 1. The summed E-state index contributed by atoms with van der Waals surface area (Å²) in [5.74, 6) is 0. The lowest BCUT2D eigenvalue weighted by molar-refractivity contribution is 0.187. The van der Waals surface area contributed by atoms with E-state index < -0.39 is 0 Å². The van der Waals surface area contributed by atoms with Crippen LogP contribution in [0.1, 0.15) is 19.4 Å². The monoisotopic (exact) mass is 245 g/mol. The number of benzene rings is 1. The van der Waals surface area contributed by atoms with Gasteiger partial charge in [0.05, 0.1) is 12.9 Å². The molecule has 0 bridgehead atoms. The topological polar surface area (TPSA) is 50.1 Å². The molecule has 2 aromatic rings. The third-order valence-corrected chi connectivity index (χ3v) is 2.91. The van der Waals surface area contributed by atoms with Gasteiger partial charge in [0.2, 0.25) is 0 Å². The van der Waals surface area contributed by atoms with Crippen LogP contribution >= 0.6 is 0 Å². The number of nitrogens with one attached hydrogen (secondary N) is 1. The summed E-state index contributed by atoms with van der Waals surface area (Å²) in [5.41, 5.74) is 2.04. The molecular formula is C14H19N3O. The number of nitrogens with zero attached hydrogens (tertiary/aromatic N) is 2. The molecule has 0 saturated carbocycles. The van der Waals surface area contributed by atoms with Crippen molar-refractivity contribution in [3.05, 3.63) is 48.5 Å². The Hall–Kier alpha value is -1.65. The van der Waals surface area contributed by atoms with Gasteiger partial charge in [0.15, 0.2) is 0 Å². The minimum absolute atomic E-state index is 0.125. The normalized spacial score (nSPS) is 11.7. The number of hydrogen-bond donors (Lipinski definition) is 2. The zero-order valence-corrected chi connectivity index (χ0v) is 10.8. The molecule has 0 aliphatic carbocycles. The van der Waals surface area contributed by atoms with Crippen LogP contribution in [0.3, 0.4) is 0 Å². The van der Waals surface area contributed by atoms with Crippen molar-refractivity contribution < 1.29 is 5.11 Å². The molecule has 4 heteroatoms. The van der Waals surface area contributed by atoms with E-state index in [1.54, 1.807) is 12.5 Å². The first-order valence-electron chi connectivity index (χ1n) is 6.04. The highest BCUT2D eigenvalue weighted by Crippen LogP contribution is 2.10. The average Bonchev–Trinajstić information content (AvgIpc) is 2.91. The predicted molar refractivity (Wildman–Crippen MR) is 71.6 cm³/mol. The Morgan fingerprint density at radius 1 is 1.28 bits per heavy atom. The van der Waals surface area contributed by atoms with Crippen molar-refractivity contribution in [1.82, 2.24) is 14.9 Å². The molecule has 0 atom stereocenters. The molecule has 0 radical (unpaired) electrons. The summed E-state index contributed by atoms with van der Waals surface area (Å²) in [6.45, 7) is 4.83. The Bertz CT molecular complexity index is 474. The van der Waals surface area contributed by atoms with Crippen molar-refractivity contribution >= 4 is 0 Å². The number of rotatable bonds is 5. The SMILES string of the molecule is CC(C)(CO)NCc1ccc(-n2ccnc2)cc1. The van der Waals surface area contributed by atoms with E-state index in [9.17, 15) is 0 Å². The molecule has 2 N–H and O–H groups in total. The van der Waals surface area contributed by atoms with Gasteiger partial charge in [-0.05, 0) is 31.5 Å². The molecule has 0 unspecified atom stereocenters. The summed E-state index contributed by atoms with van der Waals surface area (Å²) < 4.78 is 1.97.